The van der Waals surface area contributed by atoms with E-state index >= 15 is 0 Å². The van der Waals surface area contributed by atoms with Crippen molar-refractivity contribution >= 4 is 30.2 Å². The first-order valence-electron chi connectivity index (χ1n) is 9.51. The third kappa shape index (κ3) is 3.81. The molecule has 0 spiro atoms. The van der Waals surface area contributed by atoms with Gasteiger partial charge in [0.2, 0.25) is 0 Å². The van der Waals surface area contributed by atoms with Crippen molar-refractivity contribution in [3.63, 3.8) is 0 Å². The van der Waals surface area contributed by atoms with Crippen LogP contribution in [0.4, 0.5) is 0 Å². The minimum atomic E-state index is -3.53. The molecule has 0 aliphatic carbocycles. The van der Waals surface area contributed by atoms with Gasteiger partial charge in [-0.05, 0) is 17.7 Å². The normalized spacial score (nSPS) is 18.1. The highest BCUT2D eigenvalue weighted by Crippen LogP contribution is 2.62. The van der Waals surface area contributed by atoms with Crippen molar-refractivity contribution in [2.24, 2.45) is 4.99 Å². The summed E-state index contributed by atoms with van der Waals surface area (Å²) in [7, 11) is 2.43. The van der Waals surface area contributed by atoms with Gasteiger partial charge in [-0.15, -0.1) is 0 Å². The molecule has 1 unspecified atom stereocenters. The number of fused-ring (bicyclic) bond motifs is 1. The van der Waals surface area contributed by atoms with E-state index in [0.717, 1.165) is 16.8 Å². The molecule has 2 aliphatic heterocycles. The average Bonchev–Trinajstić information content (AvgIpc) is 3.27. The molecule has 0 saturated heterocycles. The highest BCUT2D eigenvalue weighted by Gasteiger charge is 2.44. The molecule has 0 saturated carbocycles. The fourth-order valence-electron chi connectivity index (χ4n) is 3.62. The molecule has 0 fully saturated rings. The standard InChI is InChI=1S/C22H23N2O5PS/c1-26-19-12-8-11-16(21(19)27-2)18-13-17(15-9-6-5-7-10-15)23-22-24(18)20(14-31-22)30(25,28-3)29-4/h5-14,18H,1-4H3. The monoisotopic (exact) mass is 458 g/mol. The number of aliphatic imine (C=N–C) groups is 1. The summed E-state index contributed by atoms with van der Waals surface area (Å²) in [5.74, 6) is 1.21. The molecule has 2 aromatic rings. The van der Waals surface area contributed by atoms with Gasteiger partial charge in [0.25, 0.3) is 0 Å². The second-order valence-corrected chi connectivity index (χ2v) is 9.69. The van der Waals surface area contributed by atoms with Gasteiger partial charge in [0.1, 0.15) is 5.44 Å². The number of nitrogens with zero attached hydrogens (tertiary/aromatic N) is 2. The van der Waals surface area contributed by atoms with Crippen molar-refractivity contribution in [3.05, 3.63) is 76.6 Å². The molecule has 31 heavy (non-hydrogen) atoms. The van der Waals surface area contributed by atoms with E-state index in [1.165, 1.54) is 26.0 Å². The van der Waals surface area contributed by atoms with Crippen molar-refractivity contribution < 1.29 is 23.1 Å². The molecule has 0 radical (unpaired) electrons. The highest BCUT2D eigenvalue weighted by molar-refractivity contribution is 8.16. The van der Waals surface area contributed by atoms with E-state index in [1.807, 2.05) is 59.5 Å². The highest BCUT2D eigenvalue weighted by atomic mass is 32.2. The molecule has 1 atom stereocenters. The molecule has 2 aliphatic rings. The van der Waals surface area contributed by atoms with E-state index in [4.69, 9.17) is 23.5 Å². The molecule has 162 valence electrons. The van der Waals surface area contributed by atoms with E-state index in [-0.39, 0.29) is 6.04 Å². The minimum Gasteiger partial charge on any atom is -0.493 e. The van der Waals surface area contributed by atoms with Crippen LogP contribution in [0.2, 0.25) is 0 Å². The maximum atomic E-state index is 13.3. The van der Waals surface area contributed by atoms with Crippen LogP contribution in [-0.4, -0.2) is 38.5 Å². The second kappa shape index (κ2) is 8.93. The van der Waals surface area contributed by atoms with Crippen LogP contribution in [0.5, 0.6) is 11.5 Å². The summed E-state index contributed by atoms with van der Waals surface area (Å²) < 4.78 is 35.1. The number of amidine groups is 1. The summed E-state index contributed by atoms with van der Waals surface area (Å²) in [6, 6.07) is 15.3. The summed E-state index contributed by atoms with van der Waals surface area (Å²) >= 11 is 1.38. The lowest BCUT2D eigenvalue weighted by atomic mass is 9.99. The zero-order valence-electron chi connectivity index (χ0n) is 17.6. The van der Waals surface area contributed by atoms with Gasteiger partial charge in [-0.3, -0.25) is 4.57 Å². The van der Waals surface area contributed by atoms with E-state index in [2.05, 4.69) is 0 Å². The molecular formula is C22H23N2O5PS. The van der Waals surface area contributed by atoms with Crippen molar-refractivity contribution in [1.29, 1.82) is 0 Å². The van der Waals surface area contributed by atoms with Crippen molar-refractivity contribution in [2.45, 2.75) is 6.04 Å². The number of ether oxygens (including phenoxy) is 2. The van der Waals surface area contributed by atoms with Crippen LogP contribution >= 0.6 is 19.4 Å². The predicted octanol–water partition coefficient (Wildman–Crippen LogP) is 5.49. The zero-order valence-corrected chi connectivity index (χ0v) is 19.4. The number of hydrogen-bond acceptors (Lipinski definition) is 8. The Bertz CT molecular complexity index is 1110. The largest absolute Gasteiger partial charge is 0.493 e. The Kier molecular flexibility index (Phi) is 6.25. The number of rotatable bonds is 7. The van der Waals surface area contributed by atoms with Crippen molar-refractivity contribution in [2.75, 3.05) is 28.4 Å². The third-order valence-electron chi connectivity index (χ3n) is 5.12. The first kappa shape index (κ1) is 21.7. The van der Waals surface area contributed by atoms with Crippen LogP contribution in [0, 0.1) is 0 Å². The summed E-state index contributed by atoms with van der Waals surface area (Å²) in [6.07, 6.45) is 2.02. The Hall–Kier alpha value is -2.51. The second-order valence-electron chi connectivity index (χ2n) is 6.67. The van der Waals surface area contributed by atoms with Crippen LogP contribution in [0.15, 0.2) is 70.4 Å². The number of hydrogen-bond donors (Lipinski definition) is 0. The summed E-state index contributed by atoms with van der Waals surface area (Å²) in [5, 5.41) is 2.45. The topological polar surface area (TPSA) is 69.6 Å². The molecule has 0 N–H and O–H groups in total. The summed E-state index contributed by atoms with van der Waals surface area (Å²) in [4.78, 5) is 6.71. The van der Waals surface area contributed by atoms with Gasteiger partial charge in [-0.25, -0.2) is 4.99 Å². The fraction of sp³-hybridized carbons (Fsp3) is 0.227. The molecule has 2 heterocycles. The Morgan fingerprint density at radius 3 is 2.35 bits per heavy atom. The lowest BCUT2D eigenvalue weighted by molar-refractivity contribution is 0.271. The molecule has 0 aromatic heterocycles. The quantitative estimate of drug-likeness (QED) is 0.508. The lowest BCUT2D eigenvalue weighted by Gasteiger charge is -2.35. The predicted molar refractivity (Wildman–Crippen MR) is 123 cm³/mol. The van der Waals surface area contributed by atoms with E-state index in [1.54, 1.807) is 19.6 Å². The Balaban J connectivity index is 1.90. The van der Waals surface area contributed by atoms with Gasteiger partial charge >= 0.3 is 7.60 Å². The van der Waals surface area contributed by atoms with Gasteiger partial charge in [0.15, 0.2) is 16.7 Å². The van der Waals surface area contributed by atoms with Gasteiger partial charge in [-0.2, -0.15) is 0 Å². The number of thioether (sulfide) groups is 1. The molecule has 0 bridgehead atoms. The van der Waals surface area contributed by atoms with E-state index < -0.39 is 7.60 Å². The summed E-state index contributed by atoms with van der Waals surface area (Å²) in [6.45, 7) is 0. The molecule has 9 heteroatoms. The smallest absolute Gasteiger partial charge is 0.377 e. The SMILES string of the molecule is COc1cccc(C2C=C(c3ccccc3)N=C3SC=C(P(=O)(OC)OC)N32)c1OC. The third-order valence-corrected chi connectivity index (χ3v) is 8.00. The first-order valence-corrected chi connectivity index (χ1v) is 11.9. The molecular weight excluding hydrogens is 435 g/mol. The number of methoxy groups -OCH3 is 2. The van der Waals surface area contributed by atoms with Gasteiger partial charge < -0.3 is 23.4 Å². The first-order chi connectivity index (χ1) is 15.1. The van der Waals surface area contributed by atoms with Crippen LogP contribution in [0.3, 0.4) is 0 Å². The van der Waals surface area contributed by atoms with Crippen LogP contribution in [-0.2, 0) is 13.6 Å². The van der Waals surface area contributed by atoms with Crippen LogP contribution in [0.1, 0.15) is 17.2 Å². The van der Waals surface area contributed by atoms with Crippen LogP contribution in [0.25, 0.3) is 5.70 Å². The van der Waals surface area contributed by atoms with Crippen molar-refractivity contribution in [3.8, 4) is 11.5 Å². The maximum absolute atomic E-state index is 13.3. The van der Waals surface area contributed by atoms with Crippen LogP contribution < -0.4 is 9.47 Å². The van der Waals surface area contributed by atoms with Gasteiger partial charge in [0, 0.05) is 25.2 Å². The van der Waals surface area contributed by atoms with Crippen molar-refractivity contribution in [1.82, 2.24) is 4.90 Å². The fourth-order valence-corrected chi connectivity index (χ4v) is 6.17. The molecule has 0 amide bonds. The summed E-state index contributed by atoms with van der Waals surface area (Å²) in [5.41, 5.74) is 3.07. The van der Waals surface area contributed by atoms with E-state index in [9.17, 15) is 4.57 Å². The Morgan fingerprint density at radius 1 is 0.968 bits per heavy atom. The number of benzene rings is 2. The van der Waals surface area contributed by atoms with Gasteiger partial charge in [0.05, 0.1) is 26.0 Å². The minimum absolute atomic E-state index is 0.368. The lowest BCUT2D eigenvalue weighted by Crippen LogP contribution is -2.31. The van der Waals surface area contributed by atoms with Gasteiger partial charge in [-0.1, -0.05) is 54.2 Å². The molecule has 7 nitrogen and oxygen atoms in total. The maximum Gasteiger partial charge on any atom is 0.377 e. The Morgan fingerprint density at radius 2 is 1.71 bits per heavy atom. The zero-order chi connectivity index (χ0) is 22.0. The van der Waals surface area contributed by atoms with E-state index in [0.29, 0.717) is 22.1 Å². The molecule has 4 rings (SSSR count). The Labute approximate surface area is 185 Å². The average molecular weight is 458 g/mol. The number of para-hydroxylation sites is 1. The molecule has 2 aromatic carbocycles.